The normalized spacial score (nSPS) is 32.9. The van der Waals surface area contributed by atoms with E-state index in [1.807, 2.05) is 12.3 Å². The van der Waals surface area contributed by atoms with Gasteiger partial charge in [-0.2, -0.15) is 0 Å². The van der Waals surface area contributed by atoms with E-state index in [-0.39, 0.29) is 18.0 Å². The third-order valence-corrected chi connectivity index (χ3v) is 4.71. The molecule has 1 amide bonds. The number of aromatic nitrogens is 1. The molecule has 1 aliphatic carbocycles. The van der Waals surface area contributed by atoms with Crippen LogP contribution in [0.3, 0.4) is 0 Å². The molecule has 2 saturated heterocycles. The summed E-state index contributed by atoms with van der Waals surface area (Å²) in [6.07, 6.45) is 7.59. The van der Waals surface area contributed by atoms with Crippen molar-refractivity contribution in [2.45, 2.75) is 49.9 Å². The number of rotatable bonds is 4. The van der Waals surface area contributed by atoms with Gasteiger partial charge in [-0.15, -0.1) is 0 Å². The zero-order chi connectivity index (χ0) is 14.2. The van der Waals surface area contributed by atoms with E-state index < -0.39 is 0 Å². The van der Waals surface area contributed by atoms with Gasteiger partial charge in [-0.25, -0.2) is 0 Å². The summed E-state index contributed by atoms with van der Waals surface area (Å²) < 4.78 is 5.45. The average Bonchev–Trinajstić information content (AvgIpc) is 3.11. The molecule has 1 aromatic rings. The van der Waals surface area contributed by atoms with Gasteiger partial charge < -0.3 is 15.0 Å². The van der Waals surface area contributed by atoms with E-state index in [0.717, 1.165) is 38.0 Å². The molecule has 5 heteroatoms. The quantitative estimate of drug-likeness (QED) is 0.906. The van der Waals surface area contributed by atoms with Crippen molar-refractivity contribution in [1.29, 1.82) is 0 Å². The van der Waals surface area contributed by atoms with Crippen molar-refractivity contribution in [3.63, 3.8) is 0 Å². The van der Waals surface area contributed by atoms with Crippen LogP contribution in [0.4, 0.5) is 0 Å². The molecule has 0 bridgehead atoms. The highest BCUT2D eigenvalue weighted by molar-refractivity contribution is 5.81. The average molecular weight is 287 g/mol. The van der Waals surface area contributed by atoms with Gasteiger partial charge in [0.2, 0.25) is 5.91 Å². The molecule has 5 nitrogen and oxygen atoms in total. The minimum Gasteiger partial charge on any atom is -0.380 e. The molecule has 3 aliphatic rings. The molecule has 0 spiro atoms. The van der Waals surface area contributed by atoms with E-state index in [2.05, 4.69) is 21.3 Å². The van der Waals surface area contributed by atoms with E-state index in [1.165, 1.54) is 0 Å². The van der Waals surface area contributed by atoms with Crippen molar-refractivity contribution in [2.24, 2.45) is 0 Å². The van der Waals surface area contributed by atoms with E-state index in [4.69, 9.17) is 4.74 Å². The van der Waals surface area contributed by atoms with Gasteiger partial charge in [0.15, 0.2) is 0 Å². The lowest BCUT2D eigenvalue weighted by molar-refractivity contribution is -0.129. The summed E-state index contributed by atoms with van der Waals surface area (Å²) in [7, 11) is 0. The first-order valence-corrected chi connectivity index (χ1v) is 7.88. The number of pyridine rings is 1. The molecule has 2 aliphatic heterocycles. The van der Waals surface area contributed by atoms with Crippen LogP contribution in [0.2, 0.25) is 0 Å². The van der Waals surface area contributed by atoms with Gasteiger partial charge in [0.25, 0.3) is 0 Å². The third-order valence-electron chi connectivity index (χ3n) is 4.71. The van der Waals surface area contributed by atoms with Crippen molar-refractivity contribution in [1.82, 2.24) is 15.2 Å². The number of hydrogen-bond donors (Lipinski definition) is 1. The van der Waals surface area contributed by atoms with Crippen LogP contribution in [0.5, 0.6) is 0 Å². The van der Waals surface area contributed by atoms with Gasteiger partial charge in [-0.3, -0.25) is 9.78 Å². The smallest absolute Gasteiger partial charge is 0.225 e. The van der Waals surface area contributed by atoms with Crippen LogP contribution < -0.4 is 5.32 Å². The van der Waals surface area contributed by atoms with Crippen LogP contribution in [-0.2, 0) is 9.53 Å². The Bertz CT molecular complexity index is 512. The number of nitrogens with zero attached hydrogens (tertiary/aromatic N) is 2. The highest BCUT2D eigenvalue weighted by Crippen LogP contribution is 2.41. The van der Waals surface area contributed by atoms with Crippen molar-refractivity contribution in [3.8, 4) is 0 Å². The second-order valence-corrected chi connectivity index (χ2v) is 6.30. The molecular formula is C16H21N3O2. The second-order valence-electron chi connectivity index (χ2n) is 6.30. The predicted octanol–water partition coefficient (Wildman–Crippen LogP) is 1.26. The van der Waals surface area contributed by atoms with Crippen LogP contribution in [0.15, 0.2) is 24.5 Å². The van der Waals surface area contributed by atoms with Gasteiger partial charge in [0.05, 0.1) is 12.6 Å². The SMILES string of the molecule is O=C1C[C@@H](N[C@@H]2CCOC2)[C@H](c2cccnc2)N1C1CC1. The zero-order valence-electron chi connectivity index (χ0n) is 12.1. The summed E-state index contributed by atoms with van der Waals surface area (Å²) in [6.45, 7) is 1.58. The highest BCUT2D eigenvalue weighted by atomic mass is 16.5. The summed E-state index contributed by atoms with van der Waals surface area (Å²) in [6, 6.07) is 5.16. The number of amides is 1. The van der Waals surface area contributed by atoms with E-state index in [1.54, 1.807) is 6.20 Å². The lowest BCUT2D eigenvalue weighted by Crippen LogP contribution is -2.42. The fraction of sp³-hybridized carbons (Fsp3) is 0.625. The Kier molecular flexibility index (Phi) is 3.39. The summed E-state index contributed by atoms with van der Waals surface area (Å²) >= 11 is 0. The Hall–Kier alpha value is -1.46. The fourth-order valence-electron chi connectivity index (χ4n) is 3.60. The molecule has 112 valence electrons. The number of nitrogens with one attached hydrogen (secondary N) is 1. The molecule has 21 heavy (non-hydrogen) atoms. The maximum atomic E-state index is 12.5. The largest absolute Gasteiger partial charge is 0.380 e. The molecule has 3 atom stereocenters. The first kappa shape index (κ1) is 13.2. The van der Waals surface area contributed by atoms with Crippen molar-refractivity contribution < 1.29 is 9.53 Å². The number of carbonyl (C=O) groups excluding carboxylic acids is 1. The molecule has 1 N–H and O–H groups in total. The van der Waals surface area contributed by atoms with Crippen LogP contribution in [0, 0.1) is 0 Å². The Morgan fingerprint density at radius 1 is 1.33 bits per heavy atom. The molecule has 4 rings (SSSR count). The molecule has 0 unspecified atom stereocenters. The van der Waals surface area contributed by atoms with Gasteiger partial charge >= 0.3 is 0 Å². The molecule has 0 radical (unpaired) electrons. The molecule has 1 aromatic heterocycles. The topological polar surface area (TPSA) is 54.5 Å². The zero-order valence-corrected chi connectivity index (χ0v) is 12.1. The monoisotopic (exact) mass is 287 g/mol. The van der Waals surface area contributed by atoms with Crippen molar-refractivity contribution in [3.05, 3.63) is 30.1 Å². The maximum absolute atomic E-state index is 12.5. The summed E-state index contributed by atoms with van der Waals surface area (Å²) in [4.78, 5) is 18.8. The number of hydrogen-bond acceptors (Lipinski definition) is 4. The molecule has 1 saturated carbocycles. The minimum atomic E-state index is 0.124. The maximum Gasteiger partial charge on any atom is 0.225 e. The second kappa shape index (κ2) is 5.39. The fourth-order valence-corrected chi connectivity index (χ4v) is 3.60. The summed E-state index contributed by atoms with van der Waals surface area (Å²) in [5.74, 6) is 0.280. The van der Waals surface area contributed by atoms with Gasteiger partial charge in [-0.1, -0.05) is 6.07 Å². The van der Waals surface area contributed by atoms with Gasteiger partial charge in [-0.05, 0) is 30.9 Å². The Labute approximate surface area is 124 Å². The summed E-state index contributed by atoms with van der Waals surface area (Å²) in [5.41, 5.74) is 1.15. The van der Waals surface area contributed by atoms with E-state index in [0.29, 0.717) is 18.5 Å². The Balaban J connectivity index is 1.60. The number of ether oxygens (including phenoxy) is 1. The highest BCUT2D eigenvalue weighted by Gasteiger charge is 2.47. The van der Waals surface area contributed by atoms with Gasteiger partial charge in [0.1, 0.15) is 0 Å². The molecular weight excluding hydrogens is 266 g/mol. The van der Waals surface area contributed by atoms with Gasteiger partial charge in [0, 0.05) is 43.5 Å². The summed E-state index contributed by atoms with van der Waals surface area (Å²) in [5, 5.41) is 3.65. The van der Waals surface area contributed by atoms with Crippen LogP contribution >= 0.6 is 0 Å². The Morgan fingerprint density at radius 3 is 2.90 bits per heavy atom. The predicted molar refractivity (Wildman–Crippen MR) is 77.6 cm³/mol. The first-order chi connectivity index (χ1) is 10.3. The van der Waals surface area contributed by atoms with E-state index in [9.17, 15) is 4.79 Å². The van der Waals surface area contributed by atoms with Crippen LogP contribution in [0.1, 0.15) is 37.3 Å². The van der Waals surface area contributed by atoms with Crippen LogP contribution in [0.25, 0.3) is 0 Å². The first-order valence-electron chi connectivity index (χ1n) is 7.88. The third kappa shape index (κ3) is 2.56. The molecule has 3 fully saturated rings. The lowest BCUT2D eigenvalue weighted by Gasteiger charge is -2.30. The number of likely N-dealkylation sites (tertiary alicyclic amines) is 1. The molecule has 0 aromatic carbocycles. The minimum absolute atomic E-state index is 0.124. The number of carbonyl (C=O) groups is 1. The lowest BCUT2D eigenvalue weighted by atomic mass is 10.0. The molecule has 3 heterocycles. The van der Waals surface area contributed by atoms with Crippen molar-refractivity contribution >= 4 is 5.91 Å². The van der Waals surface area contributed by atoms with Crippen LogP contribution in [-0.4, -0.2) is 47.1 Å². The van der Waals surface area contributed by atoms with E-state index >= 15 is 0 Å². The van der Waals surface area contributed by atoms with Crippen molar-refractivity contribution in [2.75, 3.05) is 13.2 Å². The standard InChI is InChI=1S/C16H21N3O2/c20-15-8-14(18-12-5-7-21-10-12)16(19(15)13-3-4-13)11-2-1-6-17-9-11/h1-2,6,9,12-14,16,18H,3-5,7-8,10H2/t12-,14-,16+/m1/s1. The Morgan fingerprint density at radius 2 is 2.24 bits per heavy atom.